The van der Waals surface area contributed by atoms with Crippen molar-refractivity contribution in [3.63, 3.8) is 0 Å². The molecule has 84 valence electrons. The summed E-state index contributed by atoms with van der Waals surface area (Å²) in [4.78, 5) is 1.36. The quantitative estimate of drug-likeness (QED) is 0.884. The first kappa shape index (κ1) is 11.8. The van der Waals surface area contributed by atoms with Crippen molar-refractivity contribution < 1.29 is 0 Å². The van der Waals surface area contributed by atoms with Crippen LogP contribution in [0.5, 0.6) is 0 Å². The molecular weight excluding hydrogens is 282 g/mol. The standard InChI is InChI=1S/C13H14BrNS/c1-10(13-7-12(14)9-16-13)15-8-11-5-3-2-4-6-11/h2-7,9-10,15H,8H2,1H3. The van der Waals surface area contributed by atoms with Crippen LogP contribution in [0, 0.1) is 0 Å². The van der Waals surface area contributed by atoms with Crippen molar-refractivity contribution in [1.82, 2.24) is 5.32 Å². The van der Waals surface area contributed by atoms with Crippen LogP contribution in [-0.2, 0) is 6.54 Å². The minimum atomic E-state index is 0.400. The van der Waals surface area contributed by atoms with Crippen LogP contribution in [0.4, 0.5) is 0 Å². The highest BCUT2D eigenvalue weighted by Crippen LogP contribution is 2.25. The van der Waals surface area contributed by atoms with E-state index in [2.05, 4.69) is 63.9 Å². The highest BCUT2D eigenvalue weighted by Gasteiger charge is 2.06. The average molecular weight is 296 g/mol. The summed E-state index contributed by atoms with van der Waals surface area (Å²) in [6.07, 6.45) is 0. The Morgan fingerprint density at radius 1 is 1.31 bits per heavy atom. The zero-order valence-corrected chi connectivity index (χ0v) is 11.5. The van der Waals surface area contributed by atoms with Gasteiger partial charge in [0.15, 0.2) is 0 Å². The summed E-state index contributed by atoms with van der Waals surface area (Å²) >= 11 is 5.26. The number of thiophene rings is 1. The Hall–Kier alpha value is -0.640. The molecule has 2 rings (SSSR count). The fourth-order valence-electron chi connectivity index (χ4n) is 1.52. The second-order valence-electron chi connectivity index (χ2n) is 3.76. The molecule has 0 spiro atoms. The molecule has 0 saturated heterocycles. The average Bonchev–Trinajstić information content (AvgIpc) is 2.74. The van der Waals surface area contributed by atoms with Crippen molar-refractivity contribution in [2.45, 2.75) is 19.5 Å². The predicted molar refractivity (Wildman–Crippen MR) is 73.7 cm³/mol. The van der Waals surface area contributed by atoms with Crippen LogP contribution in [0.2, 0.25) is 0 Å². The molecule has 2 aromatic rings. The van der Waals surface area contributed by atoms with Crippen molar-refractivity contribution in [1.29, 1.82) is 0 Å². The van der Waals surface area contributed by atoms with Crippen LogP contribution in [0.15, 0.2) is 46.3 Å². The van der Waals surface area contributed by atoms with Gasteiger partial charge in [-0.3, -0.25) is 0 Å². The Balaban J connectivity index is 1.91. The van der Waals surface area contributed by atoms with E-state index in [0.717, 1.165) is 6.54 Å². The van der Waals surface area contributed by atoms with Crippen molar-refractivity contribution in [3.05, 3.63) is 56.7 Å². The molecule has 0 bridgehead atoms. The van der Waals surface area contributed by atoms with Crippen molar-refractivity contribution in [3.8, 4) is 0 Å². The van der Waals surface area contributed by atoms with Gasteiger partial charge in [-0.25, -0.2) is 0 Å². The number of halogens is 1. The van der Waals surface area contributed by atoms with Gasteiger partial charge in [0.1, 0.15) is 0 Å². The number of hydrogen-bond acceptors (Lipinski definition) is 2. The fraction of sp³-hybridized carbons (Fsp3) is 0.231. The molecule has 0 aliphatic heterocycles. The second-order valence-corrected chi connectivity index (χ2v) is 5.61. The molecule has 0 radical (unpaired) electrons. The third-order valence-corrected chi connectivity index (χ3v) is 4.35. The highest BCUT2D eigenvalue weighted by molar-refractivity contribution is 9.10. The predicted octanol–water partition coefficient (Wildman–Crippen LogP) is 4.36. The van der Waals surface area contributed by atoms with Crippen LogP contribution in [0.3, 0.4) is 0 Å². The van der Waals surface area contributed by atoms with Gasteiger partial charge in [0.05, 0.1) is 0 Å². The fourth-order valence-corrected chi connectivity index (χ4v) is 3.00. The molecule has 0 saturated carbocycles. The summed E-state index contributed by atoms with van der Waals surface area (Å²) in [5, 5.41) is 5.64. The second kappa shape index (κ2) is 5.62. The Morgan fingerprint density at radius 2 is 2.06 bits per heavy atom. The molecule has 1 N–H and O–H groups in total. The van der Waals surface area contributed by atoms with Gasteiger partial charge in [-0.2, -0.15) is 0 Å². The lowest BCUT2D eigenvalue weighted by molar-refractivity contribution is 0.583. The topological polar surface area (TPSA) is 12.0 Å². The first-order valence-electron chi connectivity index (χ1n) is 5.27. The van der Waals surface area contributed by atoms with Gasteiger partial charge < -0.3 is 5.32 Å². The third-order valence-electron chi connectivity index (χ3n) is 2.47. The maximum atomic E-state index is 3.52. The number of nitrogens with one attached hydrogen (secondary N) is 1. The molecule has 16 heavy (non-hydrogen) atoms. The van der Waals surface area contributed by atoms with E-state index in [-0.39, 0.29) is 0 Å². The summed E-state index contributed by atoms with van der Waals surface area (Å²) in [6, 6.07) is 13.0. The monoisotopic (exact) mass is 295 g/mol. The molecular formula is C13H14BrNS. The molecule has 0 amide bonds. The molecule has 0 aliphatic rings. The number of hydrogen-bond donors (Lipinski definition) is 1. The smallest absolute Gasteiger partial charge is 0.0389 e. The first-order chi connectivity index (χ1) is 7.75. The molecule has 0 aliphatic carbocycles. The summed E-state index contributed by atoms with van der Waals surface area (Å²) in [6.45, 7) is 3.11. The van der Waals surface area contributed by atoms with Crippen molar-refractivity contribution in [2.24, 2.45) is 0 Å². The largest absolute Gasteiger partial charge is 0.305 e. The summed E-state index contributed by atoms with van der Waals surface area (Å²) in [7, 11) is 0. The van der Waals surface area contributed by atoms with E-state index in [9.17, 15) is 0 Å². The summed E-state index contributed by atoms with van der Waals surface area (Å²) in [5.74, 6) is 0. The van der Waals surface area contributed by atoms with E-state index >= 15 is 0 Å². The Kier molecular flexibility index (Phi) is 4.16. The van der Waals surface area contributed by atoms with E-state index in [1.54, 1.807) is 11.3 Å². The molecule has 1 atom stereocenters. The minimum Gasteiger partial charge on any atom is -0.305 e. The molecule has 1 aromatic heterocycles. The van der Waals surface area contributed by atoms with Crippen LogP contribution < -0.4 is 5.32 Å². The normalized spacial score (nSPS) is 12.6. The van der Waals surface area contributed by atoms with Gasteiger partial charge in [0, 0.05) is 27.3 Å². The molecule has 1 aromatic carbocycles. The Labute approximate surface area is 109 Å². The van der Waals surface area contributed by atoms with E-state index in [1.807, 2.05) is 6.07 Å². The van der Waals surface area contributed by atoms with Crippen molar-refractivity contribution >= 4 is 27.3 Å². The first-order valence-corrected chi connectivity index (χ1v) is 6.94. The van der Waals surface area contributed by atoms with E-state index in [1.165, 1.54) is 14.9 Å². The van der Waals surface area contributed by atoms with Gasteiger partial charge in [0.25, 0.3) is 0 Å². The zero-order valence-electron chi connectivity index (χ0n) is 9.11. The van der Waals surface area contributed by atoms with Crippen LogP contribution in [-0.4, -0.2) is 0 Å². The maximum absolute atomic E-state index is 3.52. The SMILES string of the molecule is CC(NCc1ccccc1)c1cc(Br)cs1. The molecule has 1 unspecified atom stereocenters. The van der Waals surface area contributed by atoms with Gasteiger partial charge in [0.2, 0.25) is 0 Å². The summed E-state index contributed by atoms with van der Waals surface area (Å²) in [5.41, 5.74) is 1.32. The highest BCUT2D eigenvalue weighted by atomic mass is 79.9. The Morgan fingerprint density at radius 3 is 2.69 bits per heavy atom. The van der Waals surface area contributed by atoms with Gasteiger partial charge >= 0.3 is 0 Å². The molecule has 1 heterocycles. The van der Waals surface area contributed by atoms with Crippen LogP contribution in [0.1, 0.15) is 23.4 Å². The number of rotatable bonds is 4. The van der Waals surface area contributed by atoms with E-state index in [4.69, 9.17) is 0 Å². The maximum Gasteiger partial charge on any atom is 0.0389 e. The Bertz CT molecular complexity index is 438. The lowest BCUT2D eigenvalue weighted by atomic mass is 10.2. The lowest BCUT2D eigenvalue weighted by Crippen LogP contribution is -2.16. The van der Waals surface area contributed by atoms with Crippen LogP contribution in [0.25, 0.3) is 0 Å². The lowest BCUT2D eigenvalue weighted by Gasteiger charge is -2.11. The van der Waals surface area contributed by atoms with Gasteiger partial charge in [-0.1, -0.05) is 30.3 Å². The number of benzene rings is 1. The molecule has 1 nitrogen and oxygen atoms in total. The van der Waals surface area contributed by atoms with Crippen molar-refractivity contribution in [2.75, 3.05) is 0 Å². The minimum absolute atomic E-state index is 0.400. The van der Waals surface area contributed by atoms with Gasteiger partial charge in [-0.05, 0) is 34.5 Å². The zero-order chi connectivity index (χ0) is 11.4. The summed E-state index contributed by atoms with van der Waals surface area (Å²) < 4.78 is 1.17. The van der Waals surface area contributed by atoms with E-state index in [0.29, 0.717) is 6.04 Å². The van der Waals surface area contributed by atoms with Gasteiger partial charge in [-0.15, -0.1) is 11.3 Å². The molecule has 3 heteroatoms. The molecule has 0 fully saturated rings. The third kappa shape index (κ3) is 3.17. The van der Waals surface area contributed by atoms with Crippen LogP contribution >= 0.6 is 27.3 Å². The van der Waals surface area contributed by atoms with E-state index < -0.39 is 0 Å².